The first-order valence-corrected chi connectivity index (χ1v) is 8.46. The molecule has 2 aromatic carbocycles. The number of aromatic nitrogens is 1. The summed E-state index contributed by atoms with van der Waals surface area (Å²) < 4.78 is 0. The van der Waals surface area contributed by atoms with E-state index in [1.165, 1.54) is 11.3 Å². The second-order valence-corrected chi connectivity index (χ2v) is 6.36. The fourth-order valence-corrected chi connectivity index (χ4v) is 3.05. The van der Waals surface area contributed by atoms with Crippen LogP contribution in [-0.2, 0) is 0 Å². The number of anilines is 2. The quantitative estimate of drug-likeness (QED) is 0.640. The number of thiazole rings is 1. The molecule has 25 heavy (non-hydrogen) atoms. The molecule has 3 amide bonds. The van der Waals surface area contributed by atoms with E-state index in [0.717, 1.165) is 10.6 Å². The summed E-state index contributed by atoms with van der Waals surface area (Å²) in [6.07, 6.45) is 0. The number of hydrogen-bond donors (Lipinski definition) is 3. The van der Waals surface area contributed by atoms with Crippen molar-refractivity contribution in [2.24, 2.45) is 5.73 Å². The summed E-state index contributed by atoms with van der Waals surface area (Å²) in [4.78, 5) is 27.6. The molecule has 0 unspecified atom stereocenters. The van der Waals surface area contributed by atoms with E-state index in [2.05, 4.69) is 15.6 Å². The van der Waals surface area contributed by atoms with E-state index in [1.807, 2.05) is 12.1 Å². The number of carbonyl (C=O) groups excluding carboxylic acids is 2. The van der Waals surface area contributed by atoms with Crippen LogP contribution in [-0.4, -0.2) is 16.9 Å². The van der Waals surface area contributed by atoms with Crippen LogP contribution < -0.4 is 16.4 Å². The number of nitrogens with two attached hydrogens (primary N) is 1. The lowest BCUT2D eigenvalue weighted by Gasteiger charge is -2.06. The molecule has 3 rings (SSSR count). The van der Waals surface area contributed by atoms with Crippen molar-refractivity contribution in [3.8, 4) is 10.6 Å². The Hall–Kier alpha value is -2.90. The normalized spacial score (nSPS) is 10.3. The summed E-state index contributed by atoms with van der Waals surface area (Å²) in [5.41, 5.74) is 7.29. The zero-order valence-electron chi connectivity index (χ0n) is 12.8. The van der Waals surface area contributed by atoms with Crippen LogP contribution in [0.2, 0.25) is 5.02 Å². The van der Waals surface area contributed by atoms with Gasteiger partial charge in [0.05, 0.1) is 0 Å². The number of amides is 3. The SMILES string of the molecule is NC(=O)Nc1cccc(NC(=O)c2csc(-c3ccc(Cl)cc3)n2)c1. The lowest BCUT2D eigenvalue weighted by atomic mass is 10.2. The maximum atomic E-state index is 12.3. The molecule has 1 heterocycles. The topological polar surface area (TPSA) is 97.1 Å². The van der Waals surface area contributed by atoms with E-state index >= 15 is 0 Å². The van der Waals surface area contributed by atoms with Crippen molar-refractivity contribution >= 4 is 46.3 Å². The summed E-state index contributed by atoms with van der Waals surface area (Å²) in [6, 6.07) is 13.2. The molecule has 0 atom stereocenters. The molecular weight excluding hydrogens is 360 g/mol. The fourth-order valence-electron chi connectivity index (χ4n) is 2.12. The summed E-state index contributed by atoms with van der Waals surface area (Å²) in [5, 5.41) is 8.24. The van der Waals surface area contributed by atoms with Crippen LogP contribution in [0.3, 0.4) is 0 Å². The van der Waals surface area contributed by atoms with Crippen LogP contribution in [0.4, 0.5) is 16.2 Å². The van der Waals surface area contributed by atoms with Crippen LogP contribution in [0.15, 0.2) is 53.9 Å². The van der Waals surface area contributed by atoms with Gasteiger partial charge in [-0.15, -0.1) is 11.3 Å². The van der Waals surface area contributed by atoms with Gasteiger partial charge in [-0.25, -0.2) is 9.78 Å². The Morgan fingerprint density at radius 1 is 1.04 bits per heavy atom. The Labute approximate surface area is 152 Å². The van der Waals surface area contributed by atoms with E-state index in [0.29, 0.717) is 22.1 Å². The Balaban J connectivity index is 1.74. The predicted molar refractivity (Wildman–Crippen MR) is 100 cm³/mol. The smallest absolute Gasteiger partial charge is 0.316 e. The summed E-state index contributed by atoms with van der Waals surface area (Å²) >= 11 is 7.24. The lowest BCUT2D eigenvalue weighted by Crippen LogP contribution is -2.19. The summed E-state index contributed by atoms with van der Waals surface area (Å²) in [7, 11) is 0. The highest BCUT2D eigenvalue weighted by Crippen LogP contribution is 2.25. The number of nitrogens with one attached hydrogen (secondary N) is 2. The van der Waals surface area contributed by atoms with Gasteiger partial charge in [-0.2, -0.15) is 0 Å². The van der Waals surface area contributed by atoms with Crippen LogP contribution in [0.5, 0.6) is 0 Å². The van der Waals surface area contributed by atoms with Gasteiger partial charge in [0.1, 0.15) is 10.7 Å². The van der Waals surface area contributed by atoms with Crippen LogP contribution in [0, 0.1) is 0 Å². The second-order valence-electron chi connectivity index (χ2n) is 5.07. The van der Waals surface area contributed by atoms with Crippen LogP contribution in [0.25, 0.3) is 10.6 Å². The van der Waals surface area contributed by atoms with Crippen molar-refractivity contribution in [3.05, 3.63) is 64.6 Å². The molecule has 0 spiro atoms. The van der Waals surface area contributed by atoms with Gasteiger partial charge in [-0.3, -0.25) is 4.79 Å². The average molecular weight is 373 g/mol. The van der Waals surface area contributed by atoms with E-state index in [1.54, 1.807) is 41.8 Å². The maximum absolute atomic E-state index is 12.3. The number of halogens is 1. The third-order valence-electron chi connectivity index (χ3n) is 3.22. The number of hydrogen-bond acceptors (Lipinski definition) is 4. The van der Waals surface area contributed by atoms with Gasteiger partial charge in [0.25, 0.3) is 5.91 Å². The van der Waals surface area contributed by atoms with Crippen molar-refractivity contribution < 1.29 is 9.59 Å². The molecule has 4 N–H and O–H groups in total. The minimum atomic E-state index is -0.671. The van der Waals surface area contributed by atoms with Gasteiger partial charge in [0.2, 0.25) is 0 Å². The second kappa shape index (κ2) is 7.33. The zero-order valence-corrected chi connectivity index (χ0v) is 14.4. The molecule has 1 aromatic heterocycles. The highest BCUT2D eigenvalue weighted by atomic mass is 35.5. The van der Waals surface area contributed by atoms with Gasteiger partial charge < -0.3 is 16.4 Å². The molecule has 8 heteroatoms. The van der Waals surface area contributed by atoms with E-state index < -0.39 is 6.03 Å². The van der Waals surface area contributed by atoms with Gasteiger partial charge in [0, 0.05) is 27.3 Å². The van der Waals surface area contributed by atoms with Gasteiger partial charge >= 0.3 is 6.03 Å². The van der Waals surface area contributed by atoms with Crippen molar-refractivity contribution in [3.63, 3.8) is 0 Å². The van der Waals surface area contributed by atoms with E-state index in [9.17, 15) is 9.59 Å². The monoisotopic (exact) mass is 372 g/mol. The molecule has 0 aliphatic heterocycles. The van der Waals surface area contributed by atoms with Gasteiger partial charge in [-0.1, -0.05) is 29.8 Å². The number of carbonyl (C=O) groups is 2. The Kier molecular flexibility index (Phi) is 4.97. The summed E-state index contributed by atoms with van der Waals surface area (Å²) in [5.74, 6) is -0.340. The van der Waals surface area contributed by atoms with Gasteiger partial charge in [-0.05, 0) is 30.3 Å². The molecule has 0 radical (unpaired) electrons. The fraction of sp³-hybridized carbons (Fsp3) is 0. The summed E-state index contributed by atoms with van der Waals surface area (Å²) in [6.45, 7) is 0. The molecule has 0 aliphatic rings. The predicted octanol–water partition coefficient (Wildman–Crippen LogP) is 4.21. The first kappa shape index (κ1) is 16.9. The van der Waals surface area contributed by atoms with Crippen LogP contribution in [0.1, 0.15) is 10.5 Å². The number of benzene rings is 2. The molecule has 6 nitrogen and oxygen atoms in total. The van der Waals surface area contributed by atoms with Crippen LogP contribution >= 0.6 is 22.9 Å². The minimum Gasteiger partial charge on any atom is -0.351 e. The first-order valence-electron chi connectivity index (χ1n) is 7.20. The number of primary amides is 1. The molecule has 0 aliphatic carbocycles. The van der Waals surface area contributed by atoms with E-state index in [-0.39, 0.29) is 5.91 Å². The third kappa shape index (κ3) is 4.34. The number of nitrogens with zero attached hydrogens (tertiary/aromatic N) is 1. The highest BCUT2D eigenvalue weighted by molar-refractivity contribution is 7.13. The van der Waals surface area contributed by atoms with Crippen molar-refractivity contribution in [2.75, 3.05) is 10.6 Å². The van der Waals surface area contributed by atoms with Crippen molar-refractivity contribution in [1.82, 2.24) is 4.98 Å². The Bertz CT molecular complexity index is 924. The molecule has 126 valence electrons. The maximum Gasteiger partial charge on any atom is 0.316 e. The molecule has 0 saturated heterocycles. The molecular formula is C17H13ClN4O2S. The van der Waals surface area contributed by atoms with Crippen molar-refractivity contribution in [2.45, 2.75) is 0 Å². The third-order valence-corrected chi connectivity index (χ3v) is 4.36. The Morgan fingerprint density at radius 2 is 1.72 bits per heavy atom. The molecule has 3 aromatic rings. The standard InChI is InChI=1S/C17H13ClN4O2S/c18-11-6-4-10(5-7-11)16-22-14(9-25-16)15(23)20-12-2-1-3-13(8-12)21-17(19)24/h1-9H,(H,20,23)(H3,19,21,24). The van der Waals surface area contributed by atoms with Gasteiger partial charge in [0.15, 0.2) is 0 Å². The number of rotatable bonds is 4. The molecule has 0 saturated carbocycles. The molecule has 0 bridgehead atoms. The van der Waals surface area contributed by atoms with E-state index in [4.69, 9.17) is 17.3 Å². The Morgan fingerprint density at radius 3 is 2.40 bits per heavy atom. The number of urea groups is 1. The highest BCUT2D eigenvalue weighted by Gasteiger charge is 2.12. The average Bonchev–Trinajstić information content (AvgIpc) is 3.05. The van der Waals surface area contributed by atoms with Crippen molar-refractivity contribution in [1.29, 1.82) is 0 Å². The molecule has 0 fully saturated rings. The largest absolute Gasteiger partial charge is 0.351 e. The lowest BCUT2D eigenvalue weighted by molar-refractivity contribution is 0.102. The zero-order chi connectivity index (χ0) is 17.8. The minimum absolute atomic E-state index is 0.309. The first-order chi connectivity index (χ1) is 12.0.